The minimum absolute atomic E-state index is 0.0370. The maximum Gasteiger partial charge on any atom is 0.255 e. The van der Waals surface area contributed by atoms with Crippen molar-refractivity contribution in [3.63, 3.8) is 0 Å². The molecule has 0 radical (unpaired) electrons. The van der Waals surface area contributed by atoms with Crippen LogP contribution in [0.4, 0.5) is 0 Å². The lowest BCUT2D eigenvalue weighted by molar-refractivity contribution is 0.0729. The molecule has 2 aromatic heterocycles. The van der Waals surface area contributed by atoms with Crippen molar-refractivity contribution in [1.82, 2.24) is 19.4 Å². The first-order valence-corrected chi connectivity index (χ1v) is 5.94. The highest BCUT2D eigenvalue weighted by Gasteiger charge is 2.24. The van der Waals surface area contributed by atoms with E-state index in [1.54, 1.807) is 24.5 Å². The van der Waals surface area contributed by atoms with Gasteiger partial charge in [-0.05, 0) is 12.1 Å². The van der Waals surface area contributed by atoms with Crippen molar-refractivity contribution in [2.75, 3.05) is 6.54 Å². The van der Waals surface area contributed by atoms with Gasteiger partial charge in [-0.25, -0.2) is 4.98 Å². The molecular weight excluding hydrogens is 228 g/mol. The van der Waals surface area contributed by atoms with Gasteiger partial charge in [-0.2, -0.15) is 0 Å². The monoisotopic (exact) mass is 242 g/mol. The lowest BCUT2D eigenvalue weighted by Gasteiger charge is -2.27. The van der Waals surface area contributed by atoms with Gasteiger partial charge in [0.15, 0.2) is 0 Å². The molecule has 2 aromatic rings. The Morgan fingerprint density at radius 3 is 3.11 bits per heavy atom. The molecular formula is C13H14N4O. The highest BCUT2D eigenvalue weighted by molar-refractivity contribution is 5.93. The molecule has 5 nitrogen and oxygen atoms in total. The van der Waals surface area contributed by atoms with Gasteiger partial charge in [0, 0.05) is 32.4 Å². The van der Waals surface area contributed by atoms with Crippen LogP contribution in [0.2, 0.25) is 0 Å². The molecule has 0 aromatic carbocycles. The van der Waals surface area contributed by atoms with Gasteiger partial charge in [0.1, 0.15) is 0 Å². The van der Waals surface area contributed by atoms with Gasteiger partial charge in [-0.15, -0.1) is 0 Å². The molecule has 5 heteroatoms. The second kappa shape index (κ2) is 4.25. The third-order valence-electron chi connectivity index (χ3n) is 3.30. The number of imidazole rings is 1. The Kier molecular flexibility index (Phi) is 2.59. The van der Waals surface area contributed by atoms with Crippen LogP contribution in [0.25, 0.3) is 0 Å². The Hall–Kier alpha value is -2.17. The Balaban J connectivity index is 1.84. The van der Waals surface area contributed by atoms with Crippen LogP contribution in [0.1, 0.15) is 21.7 Å². The fourth-order valence-corrected chi connectivity index (χ4v) is 2.26. The first-order valence-electron chi connectivity index (χ1n) is 5.94. The van der Waals surface area contributed by atoms with E-state index in [0.717, 1.165) is 24.4 Å². The highest BCUT2D eigenvalue weighted by atomic mass is 16.2. The molecule has 0 N–H and O–H groups in total. The van der Waals surface area contributed by atoms with E-state index >= 15 is 0 Å². The predicted octanol–water partition coefficient (Wildman–Crippen LogP) is 1.01. The van der Waals surface area contributed by atoms with E-state index in [1.165, 1.54) is 0 Å². The van der Waals surface area contributed by atoms with E-state index in [2.05, 4.69) is 9.97 Å². The minimum atomic E-state index is 0.0370. The molecule has 92 valence electrons. The lowest BCUT2D eigenvalue weighted by Crippen LogP contribution is -2.36. The van der Waals surface area contributed by atoms with Gasteiger partial charge in [-0.3, -0.25) is 9.78 Å². The third-order valence-corrected chi connectivity index (χ3v) is 3.30. The number of aromatic nitrogens is 3. The Bertz CT molecular complexity index is 576. The highest BCUT2D eigenvalue weighted by Crippen LogP contribution is 2.18. The number of hydrogen-bond acceptors (Lipinski definition) is 3. The molecule has 18 heavy (non-hydrogen) atoms. The summed E-state index contributed by atoms with van der Waals surface area (Å²) in [5, 5.41) is 0. The third kappa shape index (κ3) is 1.77. The second-order valence-electron chi connectivity index (χ2n) is 4.47. The van der Waals surface area contributed by atoms with Crippen LogP contribution in [0.3, 0.4) is 0 Å². The molecule has 0 aliphatic carbocycles. The fourth-order valence-electron chi connectivity index (χ4n) is 2.26. The minimum Gasteiger partial charge on any atom is -0.336 e. The van der Waals surface area contributed by atoms with E-state index in [4.69, 9.17) is 0 Å². The van der Waals surface area contributed by atoms with E-state index < -0.39 is 0 Å². The molecule has 3 rings (SSSR count). The molecule has 0 unspecified atom stereocenters. The van der Waals surface area contributed by atoms with Crippen LogP contribution in [0, 0.1) is 0 Å². The smallest absolute Gasteiger partial charge is 0.255 e. The van der Waals surface area contributed by atoms with E-state index in [0.29, 0.717) is 12.1 Å². The molecule has 0 atom stereocenters. The van der Waals surface area contributed by atoms with Gasteiger partial charge in [0.25, 0.3) is 5.91 Å². The predicted molar refractivity (Wildman–Crippen MR) is 65.9 cm³/mol. The van der Waals surface area contributed by atoms with Crippen LogP contribution in [-0.2, 0) is 20.0 Å². The van der Waals surface area contributed by atoms with Crippen LogP contribution in [-0.4, -0.2) is 31.9 Å². The molecule has 1 aliphatic rings. The number of hydrogen-bond donors (Lipinski definition) is 0. The first kappa shape index (κ1) is 11.0. The number of carbonyl (C=O) groups excluding carboxylic acids is 1. The summed E-state index contributed by atoms with van der Waals surface area (Å²) < 4.78 is 1.98. The van der Waals surface area contributed by atoms with Gasteiger partial charge < -0.3 is 9.47 Å². The van der Waals surface area contributed by atoms with Crippen molar-refractivity contribution in [1.29, 1.82) is 0 Å². The van der Waals surface area contributed by atoms with Gasteiger partial charge in [0.05, 0.1) is 29.8 Å². The van der Waals surface area contributed by atoms with Crippen molar-refractivity contribution in [2.24, 2.45) is 7.05 Å². The summed E-state index contributed by atoms with van der Waals surface area (Å²) in [6.07, 6.45) is 5.91. The summed E-state index contributed by atoms with van der Waals surface area (Å²) in [7, 11) is 1.96. The van der Waals surface area contributed by atoms with E-state index in [1.807, 2.05) is 22.8 Å². The van der Waals surface area contributed by atoms with Crippen LogP contribution >= 0.6 is 0 Å². The normalized spacial score (nSPS) is 14.4. The summed E-state index contributed by atoms with van der Waals surface area (Å²) in [6.45, 7) is 1.34. The Labute approximate surface area is 105 Å². The van der Waals surface area contributed by atoms with Crippen LogP contribution in [0.15, 0.2) is 30.9 Å². The summed E-state index contributed by atoms with van der Waals surface area (Å²) in [6, 6.07) is 3.58. The molecule has 0 saturated carbocycles. The number of amides is 1. The number of carbonyl (C=O) groups is 1. The number of fused-ring (bicyclic) bond motifs is 1. The Morgan fingerprint density at radius 2 is 2.33 bits per heavy atom. The number of aryl methyl sites for hydroxylation is 1. The molecule has 3 heterocycles. The SMILES string of the molecule is Cn1cnc2c1CN(C(=O)c1cccnc1)CC2. The topological polar surface area (TPSA) is 51.0 Å². The molecule has 0 saturated heterocycles. The summed E-state index contributed by atoms with van der Waals surface area (Å²) >= 11 is 0. The molecule has 1 aliphatic heterocycles. The zero-order chi connectivity index (χ0) is 12.5. The summed E-state index contributed by atoms with van der Waals surface area (Å²) in [4.78, 5) is 22.5. The maximum absolute atomic E-state index is 12.3. The Morgan fingerprint density at radius 1 is 1.44 bits per heavy atom. The number of rotatable bonds is 1. The molecule has 0 bridgehead atoms. The van der Waals surface area contributed by atoms with Crippen LogP contribution in [0.5, 0.6) is 0 Å². The van der Waals surface area contributed by atoms with Gasteiger partial charge in [0.2, 0.25) is 0 Å². The summed E-state index contributed by atoms with van der Waals surface area (Å²) in [5.74, 6) is 0.0370. The van der Waals surface area contributed by atoms with Crippen LogP contribution < -0.4 is 0 Å². The average molecular weight is 242 g/mol. The summed E-state index contributed by atoms with van der Waals surface area (Å²) in [5.41, 5.74) is 2.87. The van der Waals surface area contributed by atoms with Crippen molar-refractivity contribution >= 4 is 5.91 Å². The average Bonchev–Trinajstić information content (AvgIpc) is 2.80. The lowest BCUT2D eigenvalue weighted by atomic mass is 10.1. The molecule has 0 fully saturated rings. The van der Waals surface area contributed by atoms with Gasteiger partial charge >= 0.3 is 0 Å². The van der Waals surface area contributed by atoms with Crippen molar-refractivity contribution in [3.8, 4) is 0 Å². The number of pyridine rings is 1. The fraction of sp³-hybridized carbons (Fsp3) is 0.308. The zero-order valence-electron chi connectivity index (χ0n) is 10.2. The van der Waals surface area contributed by atoms with Crippen molar-refractivity contribution < 1.29 is 4.79 Å². The number of nitrogens with zero attached hydrogens (tertiary/aromatic N) is 4. The largest absolute Gasteiger partial charge is 0.336 e. The second-order valence-corrected chi connectivity index (χ2v) is 4.47. The molecule has 1 amide bonds. The van der Waals surface area contributed by atoms with Crippen molar-refractivity contribution in [3.05, 3.63) is 47.8 Å². The van der Waals surface area contributed by atoms with E-state index in [9.17, 15) is 4.79 Å². The molecule has 0 spiro atoms. The van der Waals surface area contributed by atoms with Gasteiger partial charge in [-0.1, -0.05) is 0 Å². The standard InChI is InChI=1S/C13H14N4O/c1-16-9-15-11-4-6-17(8-12(11)16)13(18)10-3-2-5-14-7-10/h2-3,5,7,9H,4,6,8H2,1H3. The maximum atomic E-state index is 12.3. The van der Waals surface area contributed by atoms with Crippen molar-refractivity contribution in [2.45, 2.75) is 13.0 Å². The first-order chi connectivity index (χ1) is 8.75. The van der Waals surface area contributed by atoms with E-state index in [-0.39, 0.29) is 5.91 Å². The zero-order valence-corrected chi connectivity index (χ0v) is 10.2. The quantitative estimate of drug-likeness (QED) is 0.750.